The molecule has 6 rings (SSSR count). The monoisotopic (exact) mass is 771 g/mol. The number of pyridine rings is 1. The Balaban J connectivity index is 0.000000221. The fourth-order valence-electron chi connectivity index (χ4n) is 6.22. The Bertz CT molecular complexity index is 1770. The fourth-order valence-corrected chi connectivity index (χ4v) is 10.4. The molecule has 42 heavy (non-hydrogen) atoms. The largest absolute Gasteiger partial charge is 0.512 e. The van der Waals surface area contributed by atoms with E-state index in [0.717, 1.165) is 36.9 Å². The SMILES string of the molecule is CCC(CC)C(=O)/C=C(\O)C(CC)CC.C[Si]1(C)c2cc3ccccc3nc2-c2[c-]ccc3sc4cccc1c4c23.[Ir]. The van der Waals surface area contributed by atoms with Crippen molar-refractivity contribution in [3.63, 3.8) is 0 Å². The van der Waals surface area contributed by atoms with E-state index in [-0.39, 0.29) is 43.5 Å². The minimum atomic E-state index is -1.89. The maximum Gasteiger partial charge on any atom is 0.162 e. The molecular formula is C36H40IrNO2SSi-. The van der Waals surface area contributed by atoms with Crippen LogP contribution in [0.2, 0.25) is 13.1 Å². The molecule has 3 nitrogen and oxygen atoms in total. The summed E-state index contributed by atoms with van der Waals surface area (Å²) >= 11 is 1.89. The van der Waals surface area contributed by atoms with Gasteiger partial charge in [0.15, 0.2) is 5.78 Å². The van der Waals surface area contributed by atoms with Crippen LogP contribution in [0.5, 0.6) is 0 Å². The van der Waals surface area contributed by atoms with Crippen LogP contribution in [-0.4, -0.2) is 23.9 Å². The van der Waals surface area contributed by atoms with Gasteiger partial charge in [-0.3, -0.25) is 9.78 Å². The summed E-state index contributed by atoms with van der Waals surface area (Å²) in [5, 5.41) is 16.7. The molecule has 1 aliphatic rings. The molecule has 3 heterocycles. The summed E-state index contributed by atoms with van der Waals surface area (Å²) in [7, 11) is -1.89. The number of hydrogen-bond donors (Lipinski definition) is 1. The van der Waals surface area contributed by atoms with E-state index >= 15 is 0 Å². The molecule has 2 aromatic heterocycles. The zero-order chi connectivity index (χ0) is 29.3. The molecule has 0 saturated carbocycles. The smallest absolute Gasteiger partial charge is 0.162 e. The van der Waals surface area contributed by atoms with Crippen molar-refractivity contribution in [1.29, 1.82) is 0 Å². The number of allylic oxidation sites excluding steroid dienone is 2. The number of rotatable bonds is 7. The molecule has 6 heteroatoms. The Hall–Kier alpha value is -2.63. The summed E-state index contributed by atoms with van der Waals surface area (Å²) < 4.78 is 2.73. The molecule has 221 valence electrons. The number of aliphatic hydroxyl groups is 1. The average molecular weight is 771 g/mol. The Morgan fingerprint density at radius 2 is 1.57 bits per heavy atom. The maximum atomic E-state index is 11.7. The van der Waals surface area contributed by atoms with Gasteiger partial charge in [-0.1, -0.05) is 92.9 Å². The zero-order valence-electron chi connectivity index (χ0n) is 25.4. The van der Waals surface area contributed by atoms with Crippen LogP contribution in [0.1, 0.15) is 53.4 Å². The molecule has 5 aromatic rings. The van der Waals surface area contributed by atoms with Gasteiger partial charge < -0.3 is 5.11 Å². The molecule has 0 atom stereocenters. The summed E-state index contributed by atoms with van der Waals surface area (Å²) in [6, 6.07) is 25.5. The van der Waals surface area contributed by atoms with Crippen molar-refractivity contribution >= 4 is 66.6 Å². The van der Waals surface area contributed by atoms with Gasteiger partial charge in [0.1, 0.15) is 8.07 Å². The standard InChI is InChI=1S/C23H16NSSi.C13H24O2.Ir/c1-26(2)19-12-6-11-18-22(19)21-15(8-5-10-17(21)25-18)23-20(26)13-14-7-3-4-9-16(14)24-23;1-5-10(6-2)12(14)9-13(15)11(7-3)8-4;/h3-7,9-13H,1-2H3;9-11,14H,5-8H2,1-4H3;/q-1;;/b;12-9-;. The first-order valence-corrected chi connectivity index (χ1v) is 18.8. The number of nitrogens with zero attached hydrogens (tertiary/aromatic N) is 1. The molecule has 3 aromatic carbocycles. The minimum absolute atomic E-state index is 0. The molecule has 0 aliphatic carbocycles. The van der Waals surface area contributed by atoms with Crippen molar-refractivity contribution in [1.82, 2.24) is 4.98 Å². The molecule has 0 saturated heterocycles. The van der Waals surface area contributed by atoms with E-state index in [2.05, 4.69) is 79.8 Å². The molecule has 0 fully saturated rings. The maximum absolute atomic E-state index is 11.7. The minimum Gasteiger partial charge on any atom is -0.512 e. The number of aliphatic hydroxyl groups excluding tert-OH is 1. The molecular weight excluding hydrogens is 731 g/mol. The van der Waals surface area contributed by atoms with Crippen LogP contribution in [-0.2, 0) is 24.9 Å². The van der Waals surface area contributed by atoms with E-state index in [1.54, 1.807) is 0 Å². The van der Waals surface area contributed by atoms with Crippen molar-refractivity contribution in [3.05, 3.63) is 78.6 Å². The fraction of sp³-hybridized carbons (Fsp3) is 0.333. The second-order valence-electron chi connectivity index (χ2n) is 11.6. The third kappa shape index (κ3) is 5.79. The van der Waals surface area contributed by atoms with Gasteiger partial charge in [0.05, 0.1) is 11.3 Å². The number of carbonyl (C=O) groups is 1. The first-order chi connectivity index (χ1) is 19.7. The molecule has 1 N–H and O–H groups in total. The number of benzene rings is 3. The third-order valence-electron chi connectivity index (χ3n) is 8.84. The average Bonchev–Trinajstić information content (AvgIpc) is 3.33. The van der Waals surface area contributed by atoms with Crippen LogP contribution >= 0.6 is 11.3 Å². The third-order valence-corrected chi connectivity index (χ3v) is 13.5. The first-order valence-electron chi connectivity index (χ1n) is 15.0. The van der Waals surface area contributed by atoms with Gasteiger partial charge in [-0.2, -0.15) is 11.3 Å². The molecule has 1 aliphatic heterocycles. The van der Waals surface area contributed by atoms with E-state index < -0.39 is 8.07 Å². The summed E-state index contributed by atoms with van der Waals surface area (Å²) in [5.74, 6) is 0.547. The normalized spacial score (nSPS) is 13.7. The second-order valence-corrected chi connectivity index (χ2v) is 17.0. The Kier molecular flexibility index (Phi) is 10.3. The number of carbonyl (C=O) groups excluding carboxylic acids is 1. The molecule has 1 radical (unpaired) electrons. The van der Waals surface area contributed by atoms with Crippen LogP contribution in [0.4, 0.5) is 0 Å². The van der Waals surface area contributed by atoms with Crippen LogP contribution in [0.25, 0.3) is 42.3 Å². The number of fused-ring (bicyclic) bond motifs is 3. The summed E-state index contributed by atoms with van der Waals surface area (Å²) in [6.45, 7) is 13.0. The van der Waals surface area contributed by atoms with Gasteiger partial charge in [-0.05, 0) is 59.0 Å². The summed E-state index contributed by atoms with van der Waals surface area (Å²) in [5.41, 5.74) is 3.39. The van der Waals surface area contributed by atoms with E-state index in [1.165, 1.54) is 47.6 Å². The van der Waals surface area contributed by atoms with E-state index in [4.69, 9.17) is 4.98 Å². The molecule has 0 bridgehead atoms. The van der Waals surface area contributed by atoms with Crippen LogP contribution in [0.15, 0.2) is 72.5 Å². The van der Waals surface area contributed by atoms with Gasteiger partial charge in [-0.25, -0.2) is 0 Å². The predicted molar refractivity (Wildman–Crippen MR) is 180 cm³/mol. The quantitative estimate of drug-likeness (QED) is 0.0778. The number of para-hydroxylation sites is 1. The van der Waals surface area contributed by atoms with E-state index in [0.29, 0.717) is 0 Å². The number of aromatic nitrogens is 1. The van der Waals surface area contributed by atoms with Gasteiger partial charge >= 0.3 is 0 Å². The Morgan fingerprint density at radius 3 is 2.26 bits per heavy atom. The van der Waals surface area contributed by atoms with Crippen molar-refractivity contribution in [2.75, 3.05) is 0 Å². The van der Waals surface area contributed by atoms with Gasteiger partial charge in [-0.15, -0.1) is 23.8 Å². The number of hydrogen-bond acceptors (Lipinski definition) is 4. The van der Waals surface area contributed by atoms with Crippen LogP contribution in [0.3, 0.4) is 0 Å². The van der Waals surface area contributed by atoms with Crippen molar-refractivity contribution in [2.45, 2.75) is 66.5 Å². The van der Waals surface area contributed by atoms with E-state index in [1.807, 2.05) is 39.0 Å². The van der Waals surface area contributed by atoms with Crippen molar-refractivity contribution in [3.8, 4) is 11.3 Å². The molecule has 0 amide bonds. The first kappa shape index (κ1) is 32.3. The zero-order valence-corrected chi connectivity index (χ0v) is 29.6. The Morgan fingerprint density at radius 1 is 0.905 bits per heavy atom. The topological polar surface area (TPSA) is 50.2 Å². The summed E-state index contributed by atoms with van der Waals surface area (Å²) in [6.07, 6.45) is 4.91. The Labute approximate surface area is 268 Å². The van der Waals surface area contributed by atoms with E-state index in [9.17, 15) is 9.90 Å². The predicted octanol–water partition coefficient (Wildman–Crippen LogP) is 9.07. The van der Waals surface area contributed by atoms with Gasteiger partial charge in [0.25, 0.3) is 0 Å². The van der Waals surface area contributed by atoms with Gasteiger partial charge in [0, 0.05) is 42.7 Å². The molecule has 0 spiro atoms. The molecule has 0 unspecified atom stereocenters. The van der Waals surface area contributed by atoms with Crippen LogP contribution < -0.4 is 10.4 Å². The van der Waals surface area contributed by atoms with Gasteiger partial charge in [0.2, 0.25) is 0 Å². The van der Waals surface area contributed by atoms with Crippen molar-refractivity contribution < 1.29 is 30.0 Å². The summed E-state index contributed by atoms with van der Waals surface area (Å²) in [4.78, 5) is 16.9. The number of ketones is 1. The second kappa shape index (κ2) is 13.3. The van der Waals surface area contributed by atoms with Crippen LogP contribution in [0, 0.1) is 17.9 Å². The number of thiophene rings is 1. The van der Waals surface area contributed by atoms with Crippen molar-refractivity contribution in [2.24, 2.45) is 11.8 Å².